The molecule has 1 aliphatic carbocycles. The first-order valence-electron chi connectivity index (χ1n) is 6.97. The molecule has 2 aromatic rings. The number of nitrogens with zero attached hydrogens (tertiary/aromatic N) is 2. The van der Waals surface area contributed by atoms with Crippen LogP contribution in [0, 0.1) is 0 Å². The topological polar surface area (TPSA) is 78.9 Å². The second-order valence-electron chi connectivity index (χ2n) is 4.98. The molecule has 2 amide bonds. The van der Waals surface area contributed by atoms with Gasteiger partial charge < -0.3 is 10.6 Å². The van der Waals surface area contributed by atoms with Crippen molar-refractivity contribution >= 4 is 17.5 Å². The predicted octanol–water partition coefficient (Wildman–Crippen LogP) is 2.37. The molecule has 0 atom stereocenters. The molecule has 0 aliphatic heterocycles. The minimum absolute atomic E-state index is 0.195. The molecule has 108 valence electrons. The fourth-order valence-electron chi connectivity index (χ4n) is 1.83. The minimum atomic E-state index is -0.195. The summed E-state index contributed by atoms with van der Waals surface area (Å²) in [5, 5.41) is 8.79. The van der Waals surface area contributed by atoms with Gasteiger partial charge in [-0.05, 0) is 37.1 Å². The molecule has 0 unspecified atom stereocenters. The van der Waals surface area contributed by atoms with Crippen molar-refractivity contribution in [2.24, 2.45) is 0 Å². The van der Waals surface area contributed by atoms with Gasteiger partial charge in [-0.2, -0.15) is 0 Å². The zero-order valence-electron chi connectivity index (χ0n) is 11.5. The van der Waals surface area contributed by atoms with Crippen LogP contribution in [0.25, 0.3) is 0 Å². The van der Waals surface area contributed by atoms with Gasteiger partial charge in [-0.25, -0.2) is 9.78 Å². The van der Waals surface area contributed by atoms with Crippen LogP contribution in [0.3, 0.4) is 0 Å². The SMILES string of the molecule is O=C(Nc1ccc(NCc2ccccn2)cn1)NC1CC1. The molecule has 0 aromatic carbocycles. The molecule has 3 rings (SSSR count). The van der Waals surface area contributed by atoms with Gasteiger partial charge in [0.2, 0.25) is 0 Å². The van der Waals surface area contributed by atoms with E-state index in [4.69, 9.17) is 0 Å². The summed E-state index contributed by atoms with van der Waals surface area (Å²) >= 11 is 0. The number of pyridine rings is 2. The Morgan fingerprint density at radius 1 is 1.19 bits per heavy atom. The van der Waals surface area contributed by atoms with Gasteiger partial charge in [0.25, 0.3) is 0 Å². The van der Waals surface area contributed by atoms with E-state index in [0.29, 0.717) is 18.4 Å². The number of nitrogens with one attached hydrogen (secondary N) is 3. The first-order valence-corrected chi connectivity index (χ1v) is 6.97. The highest BCUT2D eigenvalue weighted by Gasteiger charge is 2.23. The normalized spacial score (nSPS) is 13.5. The van der Waals surface area contributed by atoms with E-state index in [1.807, 2.05) is 24.3 Å². The highest BCUT2D eigenvalue weighted by atomic mass is 16.2. The maximum atomic E-state index is 11.6. The van der Waals surface area contributed by atoms with E-state index in [1.54, 1.807) is 18.5 Å². The highest BCUT2D eigenvalue weighted by Crippen LogP contribution is 2.18. The standard InChI is InChI=1S/C15H17N5O/c21-15(19-11-4-5-11)20-14-7-6-13(10-18-14)17-9-12-3-1-2-8-16-12/h1-3,6-8,10-11,17H,4-5,9H2,(H2,18,19,20,21). The second kappa shape index (κ2) is 6.21. The molecule has 2 heterocycles. The number of amides is 2. The molecule has 2 aromatic heterocycles. The van der Waals surface area contributed by atoms with Crippen molar-refractivity contribution in [1.29, 1.82) is 0 Å². The van der Waals surface area contributed by atoms with Gasteiger partial charge in [0, 0.05) is 12.2 Å². The number of carbonyl (C=O) groups excluding carboxylic acids is 1. The van der Waals surface area contributed by atoms with Crippen LogP contribution in [0.4, 0.5) is 16.3 Å². The lowest BCUT2D eigenvalue weighted by Gasteiger charge is -2.08. The van der Waals surface area contributed by atoms with E-state index in [1.165, 1.54) is 0 Å². The van der Waals surface area contributed by atoms with Crippen molar-refractivity contribution in [2.45, 2.75) is 25.4 Å². The molecule has 1 aliphatic rings. The Balaban J connectivity index is 1.50. The summed E-state index contributed by atoms with van der Waals surface area (Å²) in [4.78, 5) is 20.0. The molecule has 1 saturated carbocycles. The molecule has 0 radical (unpaired) electrons. The summed E-state index contributed by atoms with van der Waals surface area (Å²) in [6, 6.07) is 9.59. The summed E-state index contributed by atoms with van der Waals surface area (Å²) in [5.74, 6) is 0.538. The Hall–Kier alpha value is -2.63. The van der Waals surface area contributed by atoms with Gasteiger partial charge in [0.15, 0.2) is 0 Å². The summed E-state index contributed by atoms with van der Waals surface area (Å²) in [5.41, 5.74) is 1.84. The van der Waals surface area contributed by atoms with E-state index in [9.17, 15) is 4.79 Å². The average Bonchev–Trinajstić information content (AvgIpc) is 3.31. The molecule has 6 nitrogen and oxygen atoms in total. The van der Waals surface area contributed by atoms with E-state index < -0.39 is 0 Å². The number of carbonyl (C=O) groups is 1. The number of urea groups is 1. The monoisotopic (exact) mass is 283 g/mol. The first kappa shape index (κ1) is 13.4. The Kier molecular flexibility index (Phi) is 3.95. The molecule has 0 bridgehead atoms. The Labute approximate surface area is 123 Å². The fourth-order valence-corrected chi connectivity index (χ4v) is 1.83. The van der Waals surface area contributed by atoms with Crippen LogP contribution in [-0.4, -0.2) is 22.0 Å². The number of aromatic nitrogens is 2. The van der Waals surface area contributed by atoms with E-state index >= 15 is 0 Å². The van der Waals surface area contributed by atoms with Crippen LogP contribution in [0.5, 0.6) is 0 Å². The third-order valence-electron chi connectivity index (χ3n) is 3.12. The lowest BCUT2D eigenvalue weighted by molar-refractivity contribution is 0.251. The minimum Gasteiger partial charge on any atom is -0.378 e. The smallest absolute Gasteiger partial charge is 0.320 e. The van der Waals surface area contributed by atoms with Crippen LogP contribution in [0.2, 0.25) is 0 Å². The molecule has 6 heteroatoms. The summed E-state index contributed by atoms with van der Waals surface area (Å²) < 4.78 is 0. The van der Waals surface area contributed by atoms with Crippen LogP contribution in [0.15, 0.2) is 42.7 Å². The van der Waals surface area contributed by atoms with Gasteiger partial charge in [-0.1, -0.05) is 6.07 Å². The molecular formula is C15H17N5O. The largest absolute Gasteiger partial charge is 0.378 e. The summed E-state index contributed by atoms with van der Waals surface area (Å²) in [7, 11) is 0. The summed E-state index contributed by atoms with van der Waals surface area (Å²) in [6.07, 6.45) is 5.59. The predicted molar refractivity (Wildman–Crippen MR) is 81.0 cm³/mol. The lowest BCUT2D eigenvalue weighted by atomic mass is 10.3. The number of hydrogen-bond acceptors (Lipinski definition) is 4. The van der Waals surface area contributed by atoms with Gasteiger partial charge in [0.1, 0.15) is 5.82 Å². The quantitative estimate of drug-likeness (QED) is 0.787. The first-order chi connectivity index (χ1) is 10.3. The van der Waals surface area contributed by atoms with Gasteiger partial charge in [-0.3, -0.25) is 10.3 Å². The third-order valence-corrected chi connectivity index (χ3v) is 3.12. The maximum Gasteiger partial charge on any atom is 0.320 e. The van der Waals surface area contributed by atoms with Gasteiger partial charge in [-0.15, -0.1) is 0 Å². The Morgan fingerprint density at radius 3 is 2.76 bits per heavy atom. The maximum absolute atomic E-state index is 11.6. The highest BCUT2D eigenvalue weighted by molar-refractivity contribution is 5.88. The van der Waals surface area contributed by atoms with Crippen LogP contribution >= 0.6 is 0 Å². The zero-order chi connectivity index (χ0) is 14.5. The molecule has 21 heavy (non-hydrogen) atoms. The van der Waals surface area contributed by atoms with Crippen molar-refractivity contribution in [1.82, 2.24) is 15.3 Å². The number of anilines is 2. The molecular weight excluding hydrogens is 266 g/mol. The van der Waals surface area contributed by atoms with Crippen molar-refractivity contribution in [2.75, 3.05) is 10.6 Å². The summed E-state index contributed by atoms with van der Waals surface area (Å²) in [6.45, 7) is 0.636. The van der Waals surface area contributed by atoms with E-state index in [-0.39, 0.29) is 6.03 Å². The van der Waals surface area contributed by atoms with Crippen molar-refractivity contribution in [3.8, 4) is 0 Å². The third kappa shape index (κ3) is 4.17. The molecule has 0 saturated heterocycles. The lowest BCUT2D eigenvalue weighted by Crippen LogP contribution is -2.30. The number of hydrogen-bond donors (Lipinski definition) is 3. The average molecular weight is 283 g/mol. The molecule has 3 N–H and O–H groups in total. The van der Waals surface area contributed by atoms with Crippen molar-refractivity contribution in [3.63, 3.8) is 0 Å². The van der Waals surface area contributed by atoms with Crippen LogP contribution in [0.1, 0.15) is 18.5 Å². The van der Waals surface area contributed by atoms with Gasteiger partial charge >= 0.3 is 6.03 Å². The molecule has 1 fully saturated rings. The Morgan fingerprint density at radius 2 is 2.10 bits per heavy atom. The van der Waals surface area contributed by atoms with E-state index in [2.05, 4.69) is 25.9 Å². The number of rotatable bonds is 5. The fraction of sp³-hybridized carbons (Fsp3) is 0.267. The Bertz CT molecular complexity index is 595. The second-order valence-corrected chi connectivity index (χ2v) is 4.98. The van der Waals surface area contributed by atoms with Crippen LogP contribution in [-0.2, 0) is 6.54 Å². The van der Waals surface area contributed by atoms with Crippen LogP contribution < -0.4 is 16.0 Å². The van der Waals surface area contributed by atoms with Crippen molar-refractivity contribution < 1.29 is 4.79 Å². The van der Waals surface area contributed by atoms with Crippen molar-refractivity contribution in [3.05, 3.63) is 48.4 Å². The van der Waals surface area contributed by atoms with Gasteiger partial charge in [0.05, 0.1) is 24.1 Å². The molecule has 0 spiro atoms. The zero-order valence-corrected chi connectivity index (χ0v) is 11.5. The van der Waals surface area contributed by atoms with E-state index in [0.717, 1.165) is 24.2 Å².